The van der Waals surface area contributed by atoms with E-state index in [1.165, 1.54) is 13.2 Å². The molecule has 0 aromatic heterocycles. The zero-order chi connectivity index (χ0) is 18.9. The van der Waals surface area contributed by atoms with Gasteiger partial charge < -0.3 is 14.8 Å². The zero-order valence-electron chi connectivity index (χ0n) is 14.3. The second kappa shape index (κ2) is 9.33. The molecule has 0 aliphatic rings. The number of carbonyl (C=O) groups excluding carboxylic acids is 2. The molecule has 0 spiro atoms. The van der Waals surface area contributed by atoms with Crippen LogP contribution in [-0.4, -0.2) is 31.2 Å². The molecule has 134 valence electrons. The smallest absolute Gasteiger partial charge is 0.339 e. The summed E-state index contributed by atoms with van der Waals surface area (Å²) in [4.78, 5) is 23.8. The topological polar surface area (TPSA) is 76.7 Å². The van der Waals surface area contributed by atoms with Crippen molar-refractivity contribution in [3.8, 4) is 5.75 Å². The van der Waals surface area contributed by atoms with Gasteiger partial charge in [0.25, 0.3) is 0 Å². The molecule has 2 rings (SSSR count). The lowest BCUT2D eigenvalue weighted by molar-refractivity contribution is -0.115. The Hall–Kier alpha value is -3.19. The zero-order valence-corrected chi connectivity index (χ0v) is 15.1. The largest absolute Gasteiger partial charge is 0.496 e. The highest BCUT2D eigenvalue weighted by molar-refractivity contribution is 7.80. The molecule has 1 amide bonds. The van der Waals surface area contributed by atoms with Gasteiger partial charge in [0.1, 0.15) is 5.75 Å². The Morgan fingerprint density at radius 2 is 1.73 bits per heavy atom. The van der Waals surface area contributed by atoms with Crippen LogP contribution >= 0.6 is 12.2 Å². The van der Waals surface area contributed by atoms with Crippen molar-refractivity contribution in [3.05, 3.63) is 65.7 Å². The highest BCUT2D eigenvalue weighted by Crippen LogP contribution is 2.18. The molecular weight excluding hydrogens is 352 g/mol. The number of carbonyl (C=O) groups is 2. The van der Waals surface area contributed by atoms with Crippen molar-refractivity contribution in [1.29, 1.82) is 0 Å². The number of amides is 1. The first kappa shape index (κ1) is 19.1. The maximum absolute atomic E-state index is 12.0. The number of esters is 1. The van der Waals surface area contributed by atoms with Crippen LogP contribution in [0.3, 0.4) is 0 Å². The Morgan fingerprint density at radius 3 is 2.46 bits per heavy atom. The molecule has 0 atom stereocenters. The van der Waals surface area contributed by atoms with E-state index in [0.717, 1.165) is 5.56 Å². The SMILES string of the molecule is COC(=O)c1ccccc1NC(=S)NC(=O)C=Cc1ccccc1OC. The second-order valence-corrected chi connectivity index (χ2v) is 5.46. The molecule has 2 aromatic rings. The average Bonchev–Trinajstić information content (AvgIpc) is 2.66. The molecule has 0 bridgehead atoms. The molecule has 0 heterocycles. The summed E-state index contributed by atoms with van der Waals surface area (Å²) in [5.74, 6) is -0.258. The number of nitrogens with one attached hydrogen (secondary N) is 2. The van der Waals surface area contributed by atoms with Crippen LogP contribution in [0.1, 0.15) is 15.9 Å². The van der Waals surface area contributed by atoms with Crippen LogP contribution in [0.4, 0.5) is 5.69 Å². The predicted molar refractivity (Wildman–Crippen MR) is 104 cm³/mol. The quantitative estimate of drug-likeness (QED) is 0.479. The van der Waals surface area contributed by atoms with Crippen LogP contribution in [0.2, 0.25) is 0 Å². The molecule has 0 aliphatic heterocycles. The highest BCUT2D eigenvalue weighted by Gasteiger charge is 2.12. The standard InChI is InChI=1S/C19H18N2O4S/c1-24-16-10-6-3-7-13(16)11-12-17(22)21-19(26)20-15-9-5-4-8-14(15)18(23)25-2/h3-12H,1-2H3,(H2,20,21,22,26). The first-order valence-electron chi connectivity index (χ1n) is 7.65. The van der Waals surface area contributed by atoms with E-state index in [-0.39, 0.29) is 5.11 Å². The van der Waals surface area contributed by atoms with Crippen LogP contribution in [0, 0.1) is 0 Å². The number of benzene rings is 2. The van der Waals surface area contributed by atoms with Crippen molar-refractivity contribution in [2.24, 2.45) is 0 Å². The van der Waals surface area contributed by atoms with Gasteiger partial charge in [0.05, 0.1) is 25.5 Å². The Balaban J connectivity index is 2.01. The van der Waals surface area contributed by atoms with E-state index in [2.05, 4.69) is 10.6 Å². The van der Waals surface area contributed by atoms with E-state index < -0.39 is 11.9 Å². The fraction of sp³-hybridized carbons (Fsp3) is 0.105. The van der Waals surface area contributed by atoms with Crippen LogP contribution in [0.5, 0.6) is 5.75 Å². The van der Waals surface area contributed by atoms with Crippen molar-refractivity contribution in [2.75, 3.05) is 19.5 Å². The van der Waals surface area contributed by atoms with E-state index in [0.29, 0.717) is 17.0 Å². The van der Waals surface area contributed by atoms with E-state index in [1.54, 1.807) is 43.5 Å². The number of para-hydroxylation sites is 2. The Morgan fingerprint density at radius 1 is 1.04 bits per heavy atom. The van der Waals surface area contributed by atoms with Crippen LogP contribution in [-0.2, 0) is 9.53 Å². The summed E-state index contributed by atoms with van der Waals surface area (Å²) < 4.78 is 9.94. The second-order valence-electron chi connectivity index (χ2n) is 5.06. The van der Waals surface area contributed by atoms with Crippen molar-refractivity contribution in [2.45, 2.75) is 0 Å². The third-order valence-electron chi connectivity index (χ3n) is 3.37. The van der Waals surface area contributed by atoms with Gasteiger partial charge in [0, 0.05) is 11.6 Å². The first-order valence-corrected chi connectivity index (χ1v) is 8.06. The van der Waals surface area contributed by atoms with Crippen LogP contribution in [0.15, 0.2) is 54.6 Å². The molecule has 2 N–H and O–H groups in total. The first-order chi connectivity index (χ1) is 12.5. The number of anilines is 1. The minimum atomic E-state index is -0.502. The summed E-state index contributed by atoms with van der Waals surface area (Å²) in [5.41, 5.74) is 1.52. The van der Waals surface area contributed by atoms with Gasteiger partial charge in [-0.15, -0.1) is 0 Å². The number of ether oxygens (including phenoxy) is 2. The minimum absolute atomic E-state index is 0.0658. The van der Waals surface area contributed by atoms with Crippen molar-refractivity contribution in [3.63, 3.8) is 0 Å². The monoisotopic (exact) mass is 370 g/mol. The fourth-order valence-corrected chi connectivity index (χ4v) is 2.37. The summed E-state index contributed by atoms with van der Waals surface area (Å²) in [7, 11) is 2.85. The van der Waals surface area contributed by atoms with Gasteiger partial charge in [-0.3, -0.25) is 10.1 Å². The van der Waals surface area contributed by atoms with Gasteiger partial charge in [-0.1, -0.05) is 30.3 Å². The van der Waals surface area contributed by atoms with Gasteiger partial charge in [-0.25, -0.2) is 4.79 Å². The number of methoxy groups -OCH3 is 2. The molecule has 0 saturated carbocycles. The normalized spacial score (nSPS) is 10.2. The van der Waals surface area contributed by atoms with Gasteiger partial charge >= 0.3 is 5.97 Å². The summed E-state index contributed by atoms with van der Waals surface area (Å²) >= 11 is 5.12. The number of thiocarbonyl (C=S) groups is 1. The maximum Gasteiger partial charge on any atom is 0.339 e. The van der Waals surface area contributed by atoms with Gasteiger partial charge in [0.2, 0.25) is 5.91 Å². The summed E-state index contributed by atoms with van der Waals surface area (Å²) in [6, 6.07) is 14.0. The van der Waals surface area contributed by atoms with Gasteiger partial charge in [0.15, 0.2) is 5.11 Å². The third-order valence-corrected chi connectivity index (χ3v) is 3.57. The molecule has 0 saturated heterocycles. The summed E-state index contributed by atoms with van der Waals surface area (Å²) in [5, 5.41) is 5.41. The molecular formula is C19H18N2O4S. The lowest BCUT2D eigenvalue weighted by atomic mass is 10.2. The maximum atomic E-state index is 12.0. The van der Waals surface area contributed by atoms with E-state index >= 15 is 0 Å². The Bertz CT molecular complexity index is 849. The van der Waals surface area contributed by atoms with Crippen molar-refractivity contribution >= 4 is 41.0 Å². The lowest BCUT2D eigenvalue weighted by Crippen LogP contribution is -2.33. The minimum Gasteiger partial charge on any atom is -0.496 e. The van der Waals surface area contributed by atoms with Crippen molar-refractivity contribution in [1.82, 2.24) is 5.32 Å². The molecule has 0 radical (unpaired) electrons. The van der Waals surface area contributed by atoms with E-state index in [4.69, 9.17) is 21.7 Å². The molecule has 7 heteroatoms. The highest BCUT2D eigenvalue weighted by atomic mass is 32.1. The van der Waals surface area contributed by atoms with Gasteiger partial charge in [-0.05, 0) is 36.5 Å². The molecule has 0 aliphatic carbocycles. The van der Waals surface area contributed by atoms with Crippen LogP contribution < -0.4 is 15.4 Å². The average molecular weight is 370 g/mol. The lowest BCUT2D eigenvalue weighted by Gasteiger charge is -2.11. The number of hydrogen-bond acceptors (Lipinski definition) is 5. The molecule has 0 fully saturated rings. The third kappa shape index (κ3) is 5.15. The number of hydrogen-bond donors (Lipinski definition) is 2. The van der Waals surface area contributed by atoms with Gasteiger partial charge in [-0.2, -0.15) is 0 Å². The predicted octanol–water partition coefficient (Wildman–Crippen LogP) is 3.01. The summed E-state index contributed by atoms with van der Waals surface area (Å²) in [6.45, 7) is 0. The number of rotatable bonds is 5. The Kier molecular flexibility index (Phi) is 6.87. The van der Waals surface area contributed by atoms with E-state index in [1.807, 2.05) is 18.2 Å². The fourth-order valence-electron chi connectivity index (χ4n) is 2.16. The van der Waals surface area contributed by atoms with E-state index in [9.17, 15) is 9.59 Å². The van der Waals surface area contributed by atoms with Crippen LogP contribution in [0.25, 0.3) is 6.08 Å². The Labute approximate surface area is 156 Å². The molecule has 26 heavy (non-hydrogen) atoms. The molecule has 0 unspecified atom stereocenters. The summed E-state index contributed by atoms with van der Waals surface area (Å²) in [6.07, 6.45) is 2.97. The molecule has 6 nitrogen and oxygen atoms in total. The van der Waals surface area contributed by atoms with Crippen molar-refractivity contribution < 1.29 is 19.1 Å². The molecule has 2 aromatic carbocycles.